The van der Waals surface area contributed by atoms with Crippen molar-refractivity contribution in [2.45, 2.75) is 77.6 Å². The Bertz CT molecular complexity index is 351. The lowest BCUT2D eigenvalue weighted by molar-refractivity contribution is -0.154. The number of hydrogen-bond acceptors (Lipinski definition) is 3. The molecule has 0 saturated carbocycles. The molecule has 0 amide bonds. The van der Waals surface area contributed by atoms with Crippen molar-refractivity contribution in [2.24, 2.45) is 5.92 Å². The number of rotatable bonds is 17. The third-order valence-corrected chi connectivity index (χ3v) is 3.98. The maximum atomic E-state index is 10.7. The highest BCUT2D eigenvalue weighted by Gasteiger charge is 2.24. The normalized spacial score (nSPS) is 10.9. The van der Waals surface area contributed by atoms with Crippen molar-refractivity contribution in [3.05, 3.63) is 12.2 Å². The van der Waals surface area contributed by atoms with E-state index in [9.17, 15) is 9.59 Å². The molecule has 0 aromatic rings. The third kappa shape index (κ3) is 14.2. The fourth-order valence-electron chi connectivity index (χ4n) is 2.57. The molecule has 5 nitrogen and oxygen atoms in total. The lowest BCUT2D eigenvalue weighted by Gasteiger charge is -2.07. The van der Waals surface area contributed by atoms with Crippen LogP contribution >= 0.6 is 0 Å². The number of aliphatic carboxylic acids is 2. The predicted molar refractivity (Wildman–Crippen MR) is 95.2 cm³/mol. The zero-order chi connectivity index (χ0) is 18.2. The summed E-state index contributed by atoms with van der Waals surface area (Å²) < 4.78 is 5.45. The molecule has 0 radical (unpaired) electrons. The zero-order valence-corrected chi connectivity index (χ0v) is 15.1. The molecule has 0 aliphatic carbocycles. The first-order chi connectivity index (χ1) is 11.4. The van der Waals surface area contributed by atoms with Gasteiger partial charge in [0, 0.05) is 6.61 Å². The number of carboxylic acids is 2. The predicted octanol–water partition coefficient (Wildman–Crippen LogP) is 4.66. The largest absolute Gasteiger partial charge is 0.481 e. The first-order valence-corrected chi connectivity index (χ1v) is 9.13. The second-order valence-electron chi connectivity index (χ2n) is 6.56. The summed E-state index contributed by atoms with van der Waals surface area (Å²) in [5.41, 5.74) is 1.07. The van der Waals surface area contributed by atoms with Crippen LogP contribution in [0.2, 0.25) is 0 Å². The summed E-state index contributed by atoms with van der Waals surface area (Å²) in [6.07, 6.45) is 11.3. The van der Waals surface area contributed by atoms with Gasteiger partial charge >= 0.3 is 11.9 Å². The average molecular weight is 342 g/mol. The Balaban J connectivity index is 3.27. The number of carboxylic acid groups (broad SMARTS) is 2. The Kier molecular flexibility index (Phi) is 14.3. The first-order valence-electron chi connectivity index (χ1n) is 9.13. The molecule has 0 aromatic heterocycles. The highest BCUT2D eigenvalue weighted by molar-refractivity contribution is 5.92. The molecular weight excluding hydrogens is 308 g/mol. The quantitative estimate of drug-likeness (QED) is 0.228. The van der Waals surface area contributed by atoms with Crippen LogP contribution in [0.4, 0.5) is 0 Å². The summed E-state index contributed by atoms with van der Waals surface area (Å²) in [5, 5.41) is 17.5. The van der Waals surface area contributed by atoms with Crippen molar-refractivity contribution in [3.8, 4) is 0 Å². The van der Waals surface area contributed by atoms with E-state index in [1.165, 1.54) is 32.1 Å². The van der Waals surface area contributed by atoms with Crippen LogP contribution in [-0.4, -0.2) is 35.4 Å². The van der Waals surface area contributed by atoms with Crippen LogP contribution in [0.5, 0.6) is 0 Å². The molecule has 0 heterocycles. The van der Waals surface area contributed by atoms with Gasteiger partial charge in [0.25, 0.3) is 0 Å². The van der Waals surface area contributed by atoms with Crippen LogP contribution in [0.25, 0.3) is 0 Å². The molecule has 0 atom stereocenters. The number of unbranched alkanes of at least 4 members (excludes halogenated alkanes) is 9. The van der Waals surface area contributed by atoms with Crippen LogP contribution in [0, 0.1) is 5.92 Å². The van der Waals surface area contributed by atoms with Crippen molar-refractivity contribution in [2.75, 3.05) is 13.2 Å². The van der Waals surface area contributed by atoms with Crippen LogP contribution in [0.1, 0.15) is 77.6 Å². The van der Waals surface area contributed by atoms with Gasteiger partial charge in [0.1, 0.15) is 0 Å². The lowest BCUT2D eigenvalue weighted by atomic mass is 10.00. The van der Waals surface area contributed by atoms with Gasteiger partial charge in [0.05, 0.1) is 6.61 Å². The standard InChI is InChI=1S/C19H34O5/c1-16(2)15-24-14-12-10-8-6-4-3-5-7-9-11-13-17(18(20)21)19(22)23/h17H,1,3-15H2,2H3,(H,20,21)(H,22,23). The Hall–Kier alpha value is -1.36. The summed E-state index contributed by atoms with van der Waals surface area (Å²) in [4.78, 5) is 21.5. The molecule has 0 spiro atoms. The lowest BCUT2D eigenvalue weighted by Crippen LogP contribution is -2.23. The Morgan fingerprint density at radius 3 is 1.67 bits per heavy atom. The average Bonchev–Trinajstić information content (AvgIpc) is 2.50. The van der Waals surface area contributed by atoms with Gasteiger partial charge in [-0.15, -0.1) is 0 Å². The first kappa shape index (κ1) is 22.6. The second kappa shape index (κ2) is 15.2. The topological polar surface area (TPSA) is 83.8 Å². The SMILES string of the molecule is C=C(C)COCCCCCCCCCCCCC(C(=O)O)C(=O)O. The van der Waals surface area contributed by atoms with Crippen LogP contribution in [0.3, 0.4) is 0 Å². The Morgan fingerprint density at radius 2 is 1.25 bits per heavy atom. The van der Waals surface area contributed by atoms with Gasteiger partial charge in [-0.3, -0.25) is 9.59 Å². The van der Waals surface area contributed by atoms with Gasteiger partial charge in [0.2, 0.25) is 0 Å². The van der Waals surface area contributed by atoms with Crippen molar-refractivity contribution in [3.63, 3.8) is 0 Å². The van der Waals surface area contributed by atoms with Gasteiger partial charge in [-0.1, -0.05) is 69.9 Å². The van der Waals surface area contributed by atoms with Crippen molar-refractivity contribution >= 4 is 11.9 Å². The summed E-state index contributed by atoms with van der Waals surface area (Å²) in [6.45, 7) is 7.25. The summed E-state index contributed by atoms with van der Waals surface area (Å²) in [7, 11) is 0. The van der Waals surface area contributed by atoms with E-state index in [0.29, 0.717) is 13.0 Å². The number of carbonyl (C=O) groups is 2. The fourth-order valence-corrected chi connectivity index (χ4v) is 2.57. The van der Waals surface area contributed by atoms with Crippen LogP contribution < -0.4 is 0 Å². The maximum Gasteiger partial charge on any atom is 0.317 e. The minimum absolute atomic E-state index is 0.234. The van der Waals surface area contributed by atoms with Crippen molar-refractivity contribution < 1.29 is 24.5 Å². The molecule has 5 heteroatoms. The van der Waals surface area contributed by atoms with E-state index >= 15 is 0 Å². The van der Waals surface area contributed by atoms with E-state index in [1.54, 1.807) is 0 Å². The van der Waals surface area contributed by atoms with Gasteiger partial charge in [-0.25, -0.2) is 0 Å². The number of ether oxygens (including phenoxy) is 1. The van der Waals surface area contributed by atoms with E-state index in [-0.39, 0.29) is 6.42 Å². The molecule has 0 unspecified atom stereocenters. The Labute approximate surface area is 146 Å². The van der Waals surface area contributed by atoms with Crippen molar-refractivity contribution in [1.29, 1.82) is 0 Å². The Morgan fingerprint density at radius 1 is 0.833 bits per heavy atom. The van der Waals surface area contributed by atoms with E-state index < -0.39 is 17.9 Å². The summed E-state index contributed by atoms with van der Waals surface area (Å²) >= 11 is 0. The molecule has 24 heavy (non-hydrogen) atoms. The molecule has 0 rings (SSSR count). The number of hydrogen-bond donors (Lipinski definition) is 2. The van der Waals surface area contributed by atoms with E-state index in [1.807, 2.05) is 6.92 Å². The fraction of sp³-hybridized carbons (Fsp3) is 0.789. The molecule has 0 aliphatic heterocycles. The van der Waals surface area contributed by atoms with E-state index in [4.69, 9.17) is 14.9 Å². The summed E-state index contributed by atoms with van der Waals surface area (Å²) in [5.74, 6) is -3.70. The molecule has 0 bridgehead atoms. The van der Waals surface area contributed by atoms with Gasteiger partial charge in [-0.2, -0.15) is 0 Å². The van der Waals surface area contributed by atoms with E-state index in [0.717, 1.165) is 37.9 Å². The van der Waals surface area contributed by atoms with Gasteiger partial charge in [-0.05, 0) is 19.8 Å². The molecule has 0 fully saturated rings. The maximum absolute atomic E-state index is 10.7. The van der Waals surface area contributed by atoms with Crippen LogP contribution in [-0.2, 0) is 14.3 Å². The molecule has 0 saturated heterocycles. The van der Waals surface area contributed by atoms with Crippen LogP contribution in [0.15, 0.2) is 12.2 Å². The molecule has 0 aliphatic rings. The highest BCUT2D eigenvalue weighted by Crippen LogP contribution is 2.14. The summed E-state index contributed by atoms with van der Waals surface area (Å²) in [6, 6.07) is 0. The second-order valence-corrected chi connectivity index (χ2v) is 6.56. The minimum atomic E-state index is -1.25. The van der Waals surface area contributed by atoms with Gasteiger partial charge < -0.3 is 14.9 Å². The third-order valence-electron chi connectivity index (χ3n) is 3.98. The smallest absolute Gasteiger partial charge is 0.317 e. The zero-order valence-electron chi connectivity index (χ0n) is 15.1. The van der Waals surface area contributed by atoms with Gasteiger partial charge in [0.15, 0.2) is 5.92 Å². The molecular formula is C19H34O5. The van der Waals surface area contributed by atoms with E-state index in [2.05, 4.69) is 6.58 Å². The molecule has 140 valence electrons. The molecule has 0 aromatic carbocycles. The highest BCUT2D eigenvalue weighted by atomic mass is 16.5. The minimum Gasteiger partial charge on any atom is -0.481 e. The van der Waals surface area contributed by atoms with Crippen molar-refractivity contribution in [1.82, 2.24) is 0 Å². The monoisotopic (exact) mass is 342 g/mol. The molecule has 2 N–H and O–H groups in total.